The number of hydrogen-bond acceptors (Lipinski definition) is 1. The summed E-state index contributed by atoms with van der Waals surface area (Å²) in [6.07, 6.45) is 1.95. The Balaban J connectivity index is 1.87. The van der Waals surface area contributed by atoms with E-state index in [9.17, 15) is 0 Å². The highest BCUT2D eigenvalue weighted by atomic mass is 14.7. The van der Waals surface area contributed by atoms with Gasteiger partial charge < -0.3 is 0 Å². The molecule has 3 rings (SSSR count). The normalized spacial score (nSPS) is 11.4. The van der Waals surface area contributed by atoms with Crippen LogP contribution in [0.5, 0.6) is 0 Å². The zero-order valence-electron chi connectivity index (χ0n) is 13.4. The number of nitrogens with zero attached hydrogens (tertiary/aromatic N) is 1. The second-order valence-electron chi connectivity index (χ2n) is 6.63. The lowest BCUT2D eigenvalue weighted by Gasteiger charge is -2.19. The number of hydrogen-bond donors (Lipinski definition) is 0. The molecule has 0 N–H and O–H groups in total. The Morgan fingerprint density at radius 3 is 1.82 bits per heavy atom. The molecular formula is C21H21N. The predicted octanol–water partition coefficient (Wildman–Crippen LogP) is 5.71. The Labute approximate surface area is 132 Å². The quantitative estimate of drug-likeness (QED) is 0.588. The van der Waals surface area contributed by atoms with E-state index in [1.54, 1.807) is 0 Å². The summed E-state index contributed by atoms with van der Waals surface area (Å²) in [4.78, 5) is 4.62. The number of rotatable bonds is 2. The predicted molar refractivity (Wildman–Crippen MR) is 93.8 cm³/mol. The number of pyridine rings is 1. The third-order valence-electron chi connectivity index (χ3n) is 3.92. The van der Waals surface area contributed by atoms with Crippen LogP contribution < -0.4 is 0 Å². The fourth-order valence-corrected chi connectivity index (χ4v) is 2.51. The largest absolute Gasteiger partial charge is 0.256 e. The summed E-state index contributed by atoms with van der Waals surface area (Å²) in [5.74, 6) is 0. The van der Waals surface area contributed by atoms with Gasteiger partial charge in [-0.15, -0.1) is 0 Å². The van der Waals surface area contributed by atoms with E-state index in [1.807, 2.05) is 12.3 Å². The lowest BCUT2D eigenvalue weighted by molar-refractivity contribution is 0.590. The molecule has 1 nitrogen and oxygen atoms in total. The van der Waals surface area contributed by atoms with Gasteiger partial charge in [-0.05, 0) is 22.6 Å². The fraction of sp³-hybridized carbons (Fsp3) is 0.190. The van der Waals surface area contributed by atoms with Gasteiger partial charge in [0.05, 0.1) is 5.69 Å². The molecule has 0 saturated carbocycles. The molecule has 1 aromatic heterocycles. The molecule has 0 atom stereocenters. The van der Waals surface area contributed by atoms with Crippen LogP contribution in [-0.2, 0) is 5.41 Å². The number of benzene rings is 2. The van der Waals surface area contributed by atoms with Crippen LogP contribution in [0.15, 0.2) is 72.9 Å². The Morgan fingerprint density at radius 2 is 1.27 bits per heavy atom. The van der Waals surface area contributed by atoms with Gasteiger partial charge in [-0.25, -0.2) is 0 Å². The van der Waals surface area contributed by atoms with Crippen molar-refractivity contribution >= 4 is 0 Å². The molecule has 0 fully saturated rings. The zero-order chi connectivity index (χ0) is 15.6. The smallest absolute Gasteiger partial charge is 0.0702 e. The minimum absolute atomic E-state index is 0.184. The molecule has 3 aromatic rings. The molecule has 1 heteroatoms. The topological polar surface area (TPSA) is 12.9 Å². The first kappa shape index (κ1) is 14.5. The van der Waals surface area contributed by atoms with Crippen molar-refractivity contribution in [2.75, 3.05) is 0 Å². The average Bonchev–Trinajstić information content (AvgIpc) is 2.55. The van der Waals surface area contributed by atoms with Crippen molar-refractivity contribution in [1.29, 1.82) is 0 Å². The van der Waals surface area contributed by atoms with Gasteiger partial charge in [-0.1, -0.05) is 81.4 Å². The Kier molecular flexibility index (Phi) is 3.81. The first-order chi connectivity index (χ1) is 10.5. The van der Waals surface area contributed by atoms with Crippen LogP contribution in [0.25, 0.3) is 22.4 Å². The maximum atomic E-state index is 4.62. The monoisotopic (exact) mass is 287 g/mol. The first-order valence-electron chi connectivity index (χ1n) is 7.66. The minimum Gasteiger partial charge on any atom is -0.256 e. The molecule has 0 aliphatic rings. The minimum atomic E-state index is 0.184. The molecule has 0 unspecified atom stereocenters. The third-order valence-corrected chi connectivity index (χ3v) is 3.92. The summed E-state index contributed by atoms with van der Waals surface area (Å²) in [6.45, 7) is 6.69. The van der Waals surface area contributed by atoms with Gasteiger partial charge in [0.15, 0.2) is 0 Å². The second-order valence-corrected chi connectivity index (χ2v) is 6.63. The summed E-state index contributed by atoms with van der Waals surface area (Å²) >= 11 is 0. The van der Waals surface area contributed by atoms with E-state index in [0.29, 0.717) is 0 Å². The maximum Gasteiger partial charge on any atom is 0.0702 e. The molecule has 0 spiro atoms. The maximum absolute atomic E-state index is 4.62. The SMILES string of the molecule is CC(C)(C)c1ccc(-c2ccc(-c3ccccc3)cn2)cc1. The molecule has 110 valence electrons. The summed E-state index contributed by atoms with van der Waals surface area (Å²) in [6, 6.07) is 23.3. The molecule has 0 bridgehead atoms. The van der Waals surface area contributed by atoms with E-state index in [4.69, 9.17) is 0 Å². The summed E-state index contributed by atoms with van der Waals surface area (Å²) < 4.78 is 0. The van der Waals surface area contributed by atoms with Gasteiger partial charge in [-0.3, -0.25) is 4.98 Å². The van der Waals surface area contributed by atoms with Crippen molar-refractivity contribution in [3.8, 4) is 22.4 Å². The Hall–Kier alpha value is -2.41. The van der Waals surface area contributed by atoms with Gasteiger partial charge in [0.2, 0.25) is 0 Å². The van der Waals surface area contributed by atoms with Gasteiger partial charge in [0.1, 0.15) is 0 Å². The van der Waals surface area contributed by atoms with Crippen LogP contribution in [0.1, 0.15) is 26.3 Å². The van der Waals surface area contributed by atoms with Crippen molar-refractivity contribution in [3.63, 3.8) is 0 Å². The molecular weight excluding hydrogens is 266 g/mol. The van der Waals surface area contributed by atoms with E-state index in [0.717, 1.165) is 16.8 Å². The molecule has 1 heterocycles. The van der Waals surface area contributed by atoms with E-state index >= 15 is 0 Å². The molecule has 0 aliphatic carbocycles. The summed E-state index contributed by atoms with van der Waals surface area (Å²) in [5, 5.41) is 0. The van der Waals surface area contributed by atoms with E-state index in [-0.39, 0.29) is 5.41 Å². The molecule has 0 radical (unpaired) electrons. The van der Waals surface area contributed by atoms with Crippen LogP contribution in [-0.4, -0.2) is 4.98 Å². The first-order valence-corrected chi connectivity index (χ1v) is 7.66. The van der Waals surface area contributed by atoms with Crippen molar-refractivity contribution < 1.29 is 0 Å². The van der Waals surface area contributed by atoms with Crippen molar-refractivity contribution in [1.82, 2.24) is 4.98 Å². The molecule has 2 aromatic carbocycles. The highest BCUT2D eigenvalue weighted by molar-refractivity contribution is 5.66. The lowest BCUT2D eigenvalue weighted by Crippen LogP contribution is -2.10. The number of aromatic nitrogens is 1. The van der Waals surface area contributed by atoms with Crippen molar-refractivity contribution in [2.45, 2.75) is 26.2 Å². The fourth-order valence-electron chi connectivity index (χ4n) is 2.51. The van der Waals surface area contributed by atoms with E-state index < -0.39 is 0 Å². The van der Waals surface area contributed by atoms with Gasteiger partial charge >= 0.3 is 0 Å². The highest BCUT2D eigenvalue weighted by Crippen LogP contribution is 2.26. The molecule has 0 saturated heterocycles. The van der Waals surface area contributed by atoms with Crippen LogP contribution in [0.3, 0.4) is 0 Å². The Morgan fingerprint density at radius 1 is 0.636 bits per heavy atom. The third kappa shape index (κ3) is 3.09. The average molecular weight is 287 g/mol. The van der Waals surface area contributed by atoms with Crippen LogP contribution in [0, 0.1) is 0 Å². The summed E-state index contributed by atoms with van der Waals surface area (Å²) in [7, 11) is 0. The molecule has 0 aliphatic heterocycles. The standard InChI is InChI=1S/C21H21N/c1-21(2,3)19-12-9-17(10-13-19)20-14-11-18(15-22-20)16-7-5-4-6-8-16/h4-15H,1-3H3. The van der Waals surface area contributed by atoms with Crippen LogP contribution in [0.4, 0.5) is 0 Å². The highest BCUT2D eigenvalue weighted by Gasteiger charge is 2.13. The van der Waals surface area contributed by atoms with E-state index in [2.05, 4.69) is 86.4 Å². The van der Waals surface area contributed by atoms with Gasteiger partial charge in [0, 0.05) is 17.3 Å². The van der Waals surface area contributed by atoms with Crippen LogP contribution in [0.2, 0.25) is 0 Å². The van der Waals surface area contributed by atoms with Gasteiger partial charge in [0.25, 0.3) is 0 Å². The van der Waals surface area contributed by atoms with Crippen molar-refractivity contribution in [3.05, 3.63) is 78.5 Å². The van der Waals surface area contributed by atoms with Crippen molar-refractivity contribution in [2.24, 2.45) is 0 Å². The second kappa shape index (κ2) is 5.76. The Bertz CT molecular complexity index is 733. The van der Waals surface area contributed by atoms with Gasteiger partial charge in [-0.2, -0.15) is 0 Å². The zero-order valence-corrected chi connectivity index (χ0v) is 13.4. The molecule has 22 heavy (non-hydrogen) atoms. The molecule has 0 amide bonds. The van der Waals surface area contributed by atoms with Crippen LogP contribution >= 0.6 is 0 Å². The lowest BCUT2D eigenvalue weighted by atomic mass is 9.86. The van der Waals surface area contributed by atoms with E-state index in [1.165, 1.54) is 11.1 Å². The summed E-state index contributed by atoms with van der Waals surface area (Å²) in [5.41, 5.74) is 6.05.